The van der Waals surface area contributed by atoms with Gasteiger partial charge in [-0.1, -0.05) is 6.07 Å². The van der Waals surface area contributed by atoms with Crippen molar-refractivity contribution in [3.63, 3.8) is 0 Å². The predicted octanol–water partition coefficient (Wildman–Crippen LogP) is 1.05. The highest BCUT2D eigenvalue weighted by Crippen LogP contribution is 2.31. The SMILES string of the molecule is COc1ccc(C(NN)c2ccncn2)cc1OC. The van der Waals surface area contributed by atoms with Gasteiger partial charge in [-0.25, -0.2) is 15.4 Å². The van der Waals surface area contributed by atoms with Gasteiger partial charge >= 0.3 is 0 Å². The van der Waals surface area contributed by atoms with Gasteiger partial charge in [-0.05, 0) is 23.8 Å². The van der Waals surface area contributed by atoms with E-state index in [9.17, 15) is 0 Å². The van der Waals surface area contributed by atoms with Crippen molar-refractivity contribution < 1.29 is 9.47 Å². The summed E-state index contributed by atoms with van der Waals surface area (Å²) in [6, 6.07) is 7.18. The van der Waals surface area contributed by atoms with Crippen LogP contribution in [0.5, 0.6) is 11.5 Å². The van der Waals surface area contributed by atoms with Crippen molar-refractivity contribution in [2.45, 2.75) is 6.04 Å². The monoisotopic (exact) mass is 260 g/mol. The van der Waals surface area contributed by atoms with E-state index in [0.717, 1.165) is 11.3 Å². The first-order valence-electron chi connectivity index (χ1n) is 5.74. The lowest BCUT2D eigenvalue weighted by Crippen LogP contribution is -2.29. The normalized spacial score (nSPS) is 11.9. The zero-order valence-corrected chi connectivity index (χ0v) is 10.8. The average molecular weight is 260 g/mol. The van der Waals surface area contributed by atoms with Crippen molar-refractivity contribution in [1.29, 1.82) is 0 Å². The second kappa shape index (κ2) is 6.12. The summed E-state index contributed by atoms with van der Waals surface area (Å²) in [6.07, 6.45) is 3.16. The summed E-state index contributed by atoms with van der Waals surface area (Å²) in [4.78, 5) is 8.09. The molecule has 1 aromatic heterocycles. The third-order valence-corrected chi connectivity index (χ3v) is 2.81. The minimum absolute atomic E-state index is 0.234. The highest BCUT2D eigenvalue weighted by atomic mass is 16.5. The summed E-state index contributed by atoms with van der Waals surface area (Å²) in [6.45, 7) is 0. The Labute approximate surface area is 111 Å². The lowest BCUT2D eigenvalue weighted by atomic mass is 10.0. The minimum Gasteiger partial charge on any atom is -0.493 e. The van der Waals surface area contributed by atoms with E-state index in [1.807, 2.05) is 18.2 Å². The molecule has 1 aromatic carbocycles. The van der Waals surface area contributed by atoms with E-state index < -0.39 is 0 Å². The zero-order chi connectivity index (χ0) is 13.7. The number of rotatable bonds is 5. The van der Waals surface area contributed by atoms with Gasteiger partial charge in [0.15, 0.2) is 11.5 Å². The molecular weight excluding hydrogens is 244 g/mol. The number of methoxy groups -OCH3 is 2. The van der Waals surface area contributed by atoms with Gasteiger partial charge in [-0.2, -0.15) is 0 Å². The Kier molecular flexibility index (Phi) is 4.27. The van der Waals surface area contributed by atoms with Gasteiger partial charge < -0.3 is 9.47 Å². The van der Waals surface area contributed by atoms with Crippen LogP contribution in [0.3, 0.4) is 0 Å². The van der Waals surface area contributed by atoms with Crippen molar-refractivity contribution in [2.75, 3.05) is 14.2 Å². The van der Waals surface area contributed by atoms with Crippen LogP contribution in [-0.2, 0) is 0 Å². The quantitative estimate of drug-likeness (QED) is 0.617. The van der Waals surface area contributed by atoms with E-state index in [1.165, 1.54) is 6.33 Å². The molecule has 0 aliphatic rings. The number of nitrogens with zero attached hydrogens (tertiary/aromatic N) is 2. The van der Waals surface area contributed by atoms with E-state index in [2.05, 4.69) is 15.4 Å². The van der Waals surface area contributed by atoms with Crippen LogP contribution >= 0.6 is 0 Å². The van der Waals surface area contributed by atoms with Crippen LogP contribution in [0.1, 0.15) is 17.3 Å². The van der Waals surface area contributed by atoms with E-state index in [-0.39, 0.29) is 6.04 Å². The van der Waals surface area contributed by atoms with Crippen LogP contribution < -0.4 is 20.7 Å². The van der Waals surface area contributed by atoms with Crippen LogP contribution in [0.25, 0.3) is 0 Å². The van der Waals surface area contributed by atoms with Gasteiger partial charge in [-0.3, -0.25) is 5.84 Å². The maximum absolute atomic E-state index is 5.62. The van der Waals surface area contributed by atoms with Gasteiger partial charge in [0, 0.05) is 6.20 Å². The molecule has 19 heavy (non-hydrogen) atoms. The van der Waals surface area contributed by atoms with Gasteiger partial charge in [0.1, 0.15) is 6.33 Å². The fourth-order valence-electron chi connectivity index (χ4n) is 1.86. The lowest BCUT2D eigenvalue weighted by Gasteiger charge is -2.17. The first-order valence-corrected chi connectivity index (χ1v) is 5.74. The number of nitrogens with one attached hydrogen (secondary N) is 1. The van der Waals surface area contributed by atoms with Crippen LogP contribution in [0, 0.1) is 0 Å². The average Bonchev–Trinajstić information content (AvgIpc) is 2.49. The molecule has 0 radical (unpaired) electrons. The van der Waals surface area contributed by atoms with Crippen LogP contribution in [0.15, 0.2) is 36.8 Å². The first kappa shape index (κ1) is 13.3. The molecule has 0 spiro atoms. The molecule has 1 atom stereocenters. The molecule has 0 bridgehead atoms. The summed E-state index contributed by atoms with van der Waals surface area (Å²) in [5.41, 5.74) is 4.45. The smallest absolute Gasteiger partial charge is 0.161 e. The number of hydrogen-bond donors (Lipinski definition) is 2. The number of hydrazine groups is 1. The Balaban J connectivity index is 2.39. The Bertz CT molecular complexity index is 533. The molecule has 6 nitrogen and oxygen atoms in total. The molecule has 0 aliphatic heterocycles. The highest BCUT2D eigenvalue weighted by molar-refractivity contribution is 5.45. The van der Waals surface area contributed by atoms with Gasteiger partial charge in [0.05, 0.1) is 26.0 Å². The van der Waals surface area contributed by atoms with Crippen molar-refractivity contribution >= 4 is 0 Å². The molecule has 0 saturated carbocycles. The maximum Gasteiger partial charge on any atom is 0.161 e. The predicted molar refractivity (Wildman–Crippen MR) is 70.7 cm³/mol. The zero-order valence-electron chi connectivity index (χ0n) is 10.8. The Hall–Kier alpha value is -2.18. The lowest BCUT2D eigenvalue weighted by molar-refractivity contribution is 0.354. The van der Waals surface area contributed by atoms with E-state index in [0.29, 0.717) is 11.5 Å². The highest BCUT2D eigenvalue weighted by Gasteiger charge is 2.16. The number of aromatic nitrogens is 2. The van der Waals surface area contributed by atoms with Crippen molar-refractivity contribution in [2.24, 2.45) is 5.84 Å². The van der Waals surface area contributed by atoms with Crippen molar-refractivity contribution in [1.82, 2.24) is 15.4 Å². The molecule has 0 amide bonds. The summed E-state index contributed by atoms with van der Waals surface area (Å²) >= 11 is 0. The second-order valence-electron chi connectivity index (χ2n) is 3.85. The molecule has 1 unspecified atom stereocenters. The van der Waals surface area contributed by atoms with Crippen LogP contribution in [0.2, 0.25) is 0 Å². The molecule has 1 heterocycles. The van der Waals surface area contributed by atoms with E-state index >= 15 is 0 Å². The standard InChI is InChI=1S/C13H16N4O2/c1-18-11-4-3-9(7-12(11)19-2)13(17-14)10-5-6-15-8-16-10/h3-8,13,17H,14H2,1-2H3. The molecule has 0 saturated heterocycles. The molecule has 3 N–H and O–H groups in total. The molecule has 0 fully saturated rings. The van der Waals surface area contributed by atoms with Crippen molar-refractivity contribution in [3.05, 3.63) is 48.0 Å². The molecule has 6 heteroatoms. The summed E-state index contributed by atoms with van der Waals surface area (Å²) in [7, 11) is 3.19. The second-order valence-corrected chi connectivity index (χ2v) is 3.85. The van der Waals surface area contributed by atoms with Gasteiger partial charge in [0.25, 0.3) is 0 Å². The number of hydrogen-bond acceptors (Lipinski definition) is 6. The third-order valence-electron chi connectivity index (χ3n) is 2.81. The summed E-state index contributed by atoms with van der Waals surface area (Å²) in [5, 5.41) is 0. The largest absolute Gasteiger partial charge is 0.493 e. The van der Waals surface area contributed by atoms with Gasteiger partial charge in [0.2, 0.25) is 0 Å². The summed E-state index contributed by atoms with van der Waals surface area (Å²) < 4.78 is 10.5. The van der Waals surface area contributed by atoms with Crippen molar-refractivity contribution in [3.8, 4) is 11.5 Å². The Morgan fingerprint density at radius 1 is 1.16 bits per heavy atom. The Morgan fingerprint density at radius 3 is 2.53 bits per heavy atom. The fraction of sp³-hybridized carbons (Fsp3) is 0.231. The Morgan fingerprint density at radius 2 is 1.95 bits per heavy atom. The summed E-state index contributed by atoms with van der Waals surface area (Å²) in [5.74, 6) is 6.93. The molecular formula is C13H16N4O2. The number of nitrogens with two attached hydrogens (primary N) is 1. The van der Waals surface area contributed by atoms with Gasteiger partial charge in [-0.15, -0.1) is 0 Å². The third kappa shape index (κ3) is 2.81. The first-order chi connectivity index (χ1) is 9.30. The molecule has 0 aliphatic carbocycles. The number of benzene rings is 1. The minimum atomic E-state index is -0.234. The van der Waals surface area contributed by atoms with E-state index in [1.54, 1.807) is 26.5 Å². The van der Waals surface area contributed by atoms with Crippen LogP contribution in [-0.4, -0.2) is 24.2 Å². The topological polar surface area (TPSA) is 82.3 Å². The van der Waals surface area contributed by atoms with E-state index in [4.69, 9.17) is 15.3 Å². The fourth-order valence-corrected chi connectivity index (χ4v) is 1.86. The molecule has 2 aromatic rings. The number of ether oxygens (including phenoxy) is 2. The molecule has 100 valence electrons. The maximum atomic E-state index is 5.62. The molecule has 2 rings (SSSR count). The van der Waals surface area contributed by atoms with Crippen LogP contribution in [0.4, 0.5) is 0 Å².